The Bertz CT molecular complexity index is 700. The Morgan fingerprint density at radius 1 is 1.08 bits per heavy atom. The summed E-state index contributed by atoms with van der Waals surface area (Å²) >= 11 is 17.6. The van der Waals surface area contributed by atoms with E-state index in [1.54, 1.807) is 0 Å². The van der Waals surface area contributed by atoms with Crippen molar-refractivity contribution in [2.45, 2.75) is 25.5 Å². The number of anilines is 1. The fourth-order valence-electron chi connectivity index (χ4n) is 2.80. The normalized spacial score (nSPS) is 16.6. The minimum absolute atomic E-state index is 0.220. The highest BCUT2D eigenvalue weighted by molar-refractivity contribution is 7.80. The minimum atomic E-state index is 0.220. The summed E-state index contributed by atoms with van der Waals surface area (Å²) in [6.07, 6.45) is 2.40. The molecule has 3 nitrogen and oxygen atoms in total. The lowest BCUT2D eigenvalue weighted by atomic mass is 10.2. The first-order valence-corrected chi connectivity index (χ1v) is 9.44. The van der Waals surface area contributed by atoms with Crippen molar-refractivity contribution in [3.8, 4) is 0 Å². The molecule has 2 aromatic carbocycles. The van der Waals surface area contributed by atoms with Crippen LogP contribution in [0.5, 0.6) is 0 Å². The maximum Gasteiger partial charge on any atom is 0.173 e. The van der Waals surface area contributed by atoms with E-state index in [0.29, 0.717) is 16.7 Å². The van der Waals surface area contributed by atoms with Crippen LogP contribution in [0.15, 0.2) is 48.5 Å². The molecule has 0 amide bonds. The topological polar surface area (TPSA) is 24.5 Å². The van der Waals surface area contributed by atoms with Gasteiger partial charge in [-0.15, -0.1) is 0 Å². The summed E-state index contributed by atoms with van der Waals surface area (Å²) in [6.45, 7) is 2.30. The van der Waals surface area contributed by atoms with Gasteiger partial charge in [-0.2, -0.15) is 0 Å². The number of halogens is 2. The Balaban J connectivity index is 1.70. The van der Waals surface area contributed by atoms with Crippen LogP contribution < -0.4 is 5.32 Å². The van der Waals surface area contributed by atoms with E-state index in [9.17, 15) is 0 Å². The van der Waals surface area contributed by atoms with Gasteiger partial charge in [-0.05, 0) is 67.0 Å². The lowest BCUT2D eigenvalue weighted by Gasteiger charge is -2.28. The third-order valence-electron chi connectivity index (χ3n) is 4.12. The Kier molecular flexibility index (Phi) is 6.54. The third-order valence-corrected chi connectivity index (χ3v) is 4.98. The van der Waals surface area contributed by atoms with Gasteiger partial charge in [0, 0.05) is 35.4 Å². The fraction of sp³-hybridized carbons (Fsp3) is 0.316. The van der Waals surface area contributed by atoms with Crippen LogP contribution in [0, 0.1) is 0 Å². The lowest BCUT2D eigenvalue weighted by molar-refractivity contribution is 0.0905. The Hall–Kier alpha value is -1.33. The molecule has 1 saturated heterocycles. The molecule has 25 heavy (non-hydrogen) atoms. The zero-order valence-corrected chi connectivity index (χ0v) is 16.1. The van der Waals surface area contributed by atoms with Crippen LogP contribution in [0.1, 0.15) is 18.4 Å². The summed E-state index contributed by atoms with van der Waals surface area (Å²) < 4.78 is 5.79. The van der Waals surface area contributed by atoms with Crippen molar-refractivity contribution in [1.82, 2.24) is 4.90 Å². The first-order chi connectivity index (χ1) is 12.1. The van der Waals surface area contributed by atoms with Crippen LogP contribution in [0.2, 0.25) is 10.0 Å². The summed E-state index contributed by atoms with van der Waals surface area (Å²) in [7, 11) is 0. The van der Waals surface area contributed by atoms with Crippen molar-refractivity contribution < 1.29 is 4.74 Å². The number of benzene rings is 2. The van der Waals surface area contributed by atoms with E-state index >= 15 is 0 Å². The molecule has 0 saturated carbocycles. The number of hydrogen-bond donors (Lipinski definition) is 1. The van der Waals surface area contributed by atoms with Crippen LogP contribution in [-0.4, -0.2) is 29.3 Å². The van der Waals surface area contributed by atoms with Crippen LogP contribution >= 0.6 is 35.4 Å². The number of ether oxygens (including phenoxy) is 1. The second kappa shape index (κ2) is 8.86. The SMILES string of the molecule is S=C(Nc1ccc(Cl)cc1)N(Cc1ccc(Cl)cc1)CC1CCCO1. The highest BCUT2D eigenvalue weighted by Crippen LogP contribution is 2.19. The van der Waals surface area contributed by atoms with Gasteiger partial charge in [-0.1, -0.05) is 35.3 Å². The molecule has 0 bridgehead atoms. The van der Waals surface area contributed by atoms with E-state index in [4.69, 9.17) is 40.2 Å². The lowest BCUT2D eigenvalue weighted by Crippen LogP contribution is -2.39. The van der Waals surface area contributed by atoms with Gasteiger partial charge in [-0.3, -0.25) is 0 Å². The second-order valence-electron chi connectivity index (χ2n) is 6.08. The molecule has 132 valence electrons. The van der Waals surface area contributed by atoms with E-state index in [1.165, 1.54) is 0 Å². The second-order valence-corrected chi connectivity index (χ2v) is 7.34. The number of hydrogen-bond acceptors (Lipinski definition) is 2. The van der Waals surface area contributed by atoms with Crippen molar-refractivity contribution in [2.75, 3.05) is 18.5 Å². The molecular weight excluding hydrogens is 375 g/mol. The van der Waals surface area contributed by atoms with E-state index in [0.717, 1.165) is 42.3 Å². The zero-order chi connectivity index (χ0) is 17.6. The van der Waals surface area contributed by atoms with Gasteiger partial charge in [0.1, 0.15) is 0 Å². The van der Waals surface area contributed by atoms with Crippen LogP contribution in [0.4, 0.5) is 5.69 Å². The predicted molar refractivity (Wildman–Crippen MR) is 109 cm³/mol. The van der Waals surface area contributed by atoms with Gasteiger partial charge in [-0.25, -0.2) is 0 Å². The molecule has 1 N–H and O–H groups in total. The Morgan fingerprint density at radius 3 is 2.32 bits per heavy atom. The molecule has 2 aromatic rings. The van der Waals surface area contributed by atoms with Crippen LogP contribution in [0.3, 0.4) is 0 Å². The fourth-order valence-corrected chi connectivity index (χ4v) is 3.31. The Morgan fingerprint density at radius 2 is 1.72 bits per heavy atom. The average Bonchev–Trinajstić information content (AvgIpc) is 3.11. The summed E-state index contributed by atoms with van der Waals surface area (Å²) in [6, 6.07) is 15.4. The zero-order valence-electron chi connectivity index (χ0n) is 13.8. The van der Waals surface area contributed by atoms with E-state index in [-0.39, 0.29) is 6.10 Å². The van der Waals surface area contributed by atoms with Crippen molar-refractivity contribution in [2.24, 2.45) is 0 Å². The van der Waals surface area contributed by atoms with Gasteiger partial charge in [0.25, 0.3) is 0 Å². The maximum absolute atomic E-state index is 5.99. The molecule has 1 atom stereocenters. The van der Waals surface area contributed by atoms with Gasteiger partial charge in [0.05, 0.1) is 6.10 Å². The molecule has 0 radical (unpaired) electrons. The highest BCUT2D eigenvalue weighted by atomic mass is 35.5. The van der Waals surface area contributed by atoms with Crippen molar-refractivity contribution >= 4 is 46.2 Å². The van der Waals surface area contributed by atoms with Gasteiger partial charge < -0.3 is 15.0 Å². The summed E-state index contributed by atoms with van der Waals surface area (Å²) in [5, 5.41) is 5.40. The minimum Gasteiger partial charge on any atom is -0.376 e. The van der Waals surface area contributed by atoms with Crippen molar-refractivity contribution in [1.29, 1.82) is 0 Å². The molecule has 0 aliphatic carbocycles. The number of rotatable bonds is 5. The first kappa shape index (κ1) is 18.5. The van der Waals surface area contributed by atoms with Gasteiger partial charge >= 0.3 is 0 Å². The number of thiocarbonyl (C=S) groups is 1. The van der Waals surface area contributed by atoms with Crippen LogP contribution in [0.25, 0.3) is 0 Å². The van der Waals surface area contributed by atoms with Gasteiger partial charge in [0.15, 0.2) is 5.11 Å². The highest BCUT2D eigenvalue weighted by Gasteiger charge is 2.21. The standard InChI is InChI=1S/C19H20Cl2N2OS/c20-15-5-3-14(4-6-15)12-23(13-18-2-1-11-24-18)19(25)22-17-9-7-16(21)8-10-17/h3-10,18H,1-2,11-13H2,(H,22,25). The van der Waals surface area contributed by atoms with E-state index in [1.807, 2.05) is 48.5 Å². The summed E-state index contributed by atoms with van der Waals surface area (Å²) in [4.78, 5) is 2.14. The number of nitrogens with one attached hydrogen (secondary N) is 1. The monoisotopic (exact) mass is 394 g/mol. The van der Waals surface area contributed by atoms with Crippen LogP contribution in [-0.2, 0) is 11.3 Å². The molecule has 1 aliphatic heterocycles. The molecule has 1 unspecified atom stereocenters. The van der Waals surface area contributed by atoms with E-state index < -0.39 is 0 Å². The first-order valence-electron chi connectivity index (χ1n) is 8.28. The molecular formula is C19H20Cl2N2OS. The largest absolute Gasteiger partial charge is 0.376 e. The Labute approximate surface area is 163 Å². The quantitative estimate of drug-likeness (QED) is 0.688. The van der Waals surface area contributed by atoms with Crippen molar-refractivity contribution in [3.05, 3.63) is 64.1 Å². The number of nitrogens with zero attached hydrogens (tertiary/aromatic N) is 1. The summed E-state index contributed by atoms with van der Waals surface area (Å²) in [5.74, 6) is 0. The van der Waals surface area contributed by atoms with E-state index in [2.05, 4.69) is 10.2 Å². The molecule has 3 rings (SSSR count). The molecule has 1 heterocycles. The molecule has 6 heteroatoms. The third kappa shape index (κ3) is 5.58. The molecule has 1 fully saturated rings. The molecule has 0 spiro atoms. The smallest absolute Gasteiger partial charge is 0.173 e. The molecule has 1 aliphatic rings. The van der Waals surface area contributed by atoms with Crippen molar-refractivity contribution in [3.63, 3.8) is 0 Å². The van der Waals surface area contributed by atoms with Gasteiger partial charge in [0.2, 0.25) is 0 Å². The summed E-state index contributed by atoms with van der Waals surface area (Å²) in [5.41, 5.74) is 2.07. The molecule has 0 aromatic heterocycles. The maximum atomic E-state index is 5.99. The average molecular weight is 395 g/mol. The predicted octanol–water partition coefficient (Wildman–Crippen LogP) is 5.37.